The first kappa shape index (κ1) is 16.3. The Hall–Kier alpha value is -1.71. The predicted octanol–water partition coefficient (Wildman–Crippen LogP) is 3.92. The van der Waals surface area contributed by atoms with Gasteiger partial charge in [0.1, 0.15) is 11.3 Å². The van der Waals surface area contributed by atoms with Gasteiger partial charge in [0.15, 0.2) is 0 Å². The fourth-order valence-corrected chi connectivity index (χ4v) is 2.17. The van der Waals surface area contributed by atoms with E-state index < -0.39 is 11.5 Å². The van der Waals surface area contributed by atoms with Crippen molar-refractivity contribution >= 4 is 11.7 Å². The largest absolute Gasteiger partial charge is 0.495 e. The monoisotopic (exact) mass is 279 g/mol. The molecule has 1 aromatic carbocycles. The van der Waals surface area contributed by atoms with Crippen molar-refractivity contribution in [3.8, 4) is 5.75 Å². The summed E-state index contributed by atoms with van der Waals surface area (Å²) in [6.07, 6.45) is 4.85. The van der Waals surface area contributed by atoms with E-state index in [1.54, 1.807) is 14.0 Å². The van der Waals surface area contributed by atoms with Crippen LogP contribution in [0, 0.1) is 0 Å². The Balaban J connectivity index is 2.77. The van der Waals surface area contributed by atoms with E-state index in [1.165, 1.54) is 0 Å². The molecular formula is C16H25NO3. The van der Waals surface area contributed by atoms with E-state index in [1.807, 2.05) is 24.3 Å². The lowest BCUT2D eigenvalue weighted by atomic mass is 9.93. The van der Waals surface area contributed by atoms with Crippen LogP contribution in [0.3, 0.4) is 0 Å². The summed E-state index contributed by atoms with van der Waals surface area (Å²) in [5, 5.41) is 12.6. The molecule has 0 aliphatic carbocycles. The van der Waals surface area contributed by atoms with Gasteiger partial charge in [-0.05, 0) is 25.5 Å². The summed E-state index contributed by atoms with van der Waals surface area (Å²) >= 11 is 0. The van der Waals surface area contributed by atoms with Crippen molar-refractivity contribution in [2.45, 2.75) is 51.5 Å². The molecule has 0 bridgehead atoms. The maximum absolute atomic E-state index is 11.6. The van der Waals surface area contributed by atoms with Gasteiger partial charge in [0, 0.05) is 0 Å². The summed E-state index contributed by atoms with van der Waals surface area (Å²) < 4.78 is 5.26. The highest BCUT2D eigenvalue weighted by Gasteiger charge is 2.33. The van der Waals surface area contributed by atoms with Gasteiger partial charge in [0.2, 0.25) is 0 Å². The molecule has 112 valence electrons. The van der Waals surface area contributed by atoms with Crippen molar-refractivity contribution in [3.05, 3.63) is 24.3 Å². The van der Waals surface area contributed by atoms with Crippen molar-refractivity contribution in [1.29, 1.82) is 0 Å². The number of ether oxygens (including phenoxy) is 1. The second-order valence-corrected chi connectivity index (χ2v) is 5.27. The molecule has 2 N–H and O–H groups in total. The number of methoxy groups -OCH3 is 1. The van der Waals surface area contributed by atoms with Crippen LogP contribution in [-0.2, 0) is 4.79 Å². The molecule has 0 radical (unpaired) electrons. The molecule has 1 atom stereocenters. The molecule has 0 saturated carbocycles. The third kappa shape index (κ3) is 4.44. The summed E-state index contributed by atoms with van der Waals surface area (Å²) in [4.78, 5) is 11.6. The van der Waals surface area contributed by atoms with E-state index in [9.17, 15) is 9.90 Å². The topological polar surface area (TPSA) is 58.6 Å². The molecule has 0 aliphatic rings. The first-order valence-corrected chi connectivity index (χ1v) is 7.18. The van der Waals surface area contributed by atoms with Gasteiger partial charge in [-0.2, -0.15) is 0 Å². The van der Waals surface area contributed by atoms with Crippen LogP contribution in [0.25, 0.3) is 0 Å². The Morgan fingerprint density at radius 3 is 2.60 bits per heavy atom. The van der Waals surface area contributed by atoms with Crippen LogP contribution in [0.2, 0.25) is 0 Å². The van der Waals surface area contributed by atoms with Crippen molar-refractivity contribution in [2.75, 3.05) is 12.4 Å². The first-order valence-electron chi connectivity index (χ1n) is 7.18. The molecule has 0 saturated heterocycles. The Labute approximate surface area is 121 Å². The second kappa shape index (κ2) is 7.78. The molecule has 0 fully saturated rings. The smallest absolute Gasteiger partial charge is 0.329 e. The summed E-state index contributed by atoms with van der Waals surface area (Å²) in [6, 6.07) is 7.39. The molecule has 1 unspecified atom stereocenters. The van der Waals surface area contributed by atoms with Gasteiger partial charge in [0.25, 0.3) is 0 Å². The Morgan fingerprint density at radius 2 is 2.00 bits per heavy atom. The number of carboxylic acid groups (broad SMARTS) is 1. The van der Waals surface area contributed by atoms with Crippen molar-refractivity contribution < 1.29 is 14.6 Å². The molecule has 0 aromatic heterocycles. The lowest BCUT2D eigenvalue weighted by Gasteiger charge is -2.28. The van der Waals surface area contributed by atoms with Crippen molar-refractivity contribution in [3.63, 3.8) is 0 Å². The van der Waals surface area contributed by atoms with Crippen LogP contribution in [0.15, 0.2) is 24.3 Å². The van der Waals surface area contributed by atoms with Crippen LogP contribution in [-0.4, -0.2) is 23.7 Å². The lowest BCUT2D eigenvalue weighted by Crippen LogP contribution is -2.43. The van der Waals surface area contributed by atoms with Crippen LogP contribution in [0.1, 0.15) is 46.0 Å². The summed E-state index contributed by atoms with van der Waals surface area (Å²) in [6.45, 7) is 3.87. The van der Waals surface area contributed by atoms with Gasteiger partial charge in [-0.25, -0.2) is 4.79 Å². The fraction of sp³-hybridized carbons (Fsp3) is 0.562. The maximum Gasteiger partial charge on any atom is 0.329 e. The van der Waals surface area contributed by atoms with Gasteiger partial charge in [-0.15, -0.1) is 0 Å². The number of hydrogen-bond donors (Lipinski definition) is 2. The number of hydrogen-bond acceptors (Lipinski definition) is 3. The molecule has 1 rings (SSSR count). The standard InChI is InChI=1S/C16H25NO3/c1-4-5-6-9-12-16(2,15(18)19)17-13-10-7-8-11-14(13)20-3/h7-8,10-11,17H,4-6,9,12H2,1-3H3,(H,18,19). The van der Waals surface area contributed by atoms with E-state index >= 15 is 0 Å². The number of rotatable bonds is 9. The fourth-order valence-electron chi connectivity index (χ4n) is 2.17. The van der Waals surface area contributed by atoms with Gasteiger partial charge in [-0.3, -0.25) is 0 Å². The van der Waals surface area contributed by atoms with E-state index in [0.29, 0.717) is 12.2 Å². The molecule has 20 heavy (non-hydrogen) atoms. The molecular weight excluding hydrogens is 254 g/mol. The van der Waals surface area contributed by atoms with E-state index in [4.69, 9.17) is 4.74 Å². The zero-order valence-corrected chi connectivity index (χ0v) is 12.6. The van der Waals surface area contributed by atoms with Crippen LogP contribution < -0.4 is 10.1 Å². The number of anilines is 1. The number of nitrogens with one attached hydrogen (secondary N) is 1. The van der Waals surface area contributed by atoms with E-state index in [2.05, 4.69) is 12.2 Å². The van der Waals surface area contributed by atoms with E-state index in [-0.39, 0.29) is 0 Å². The third-order valence-electron chi connectivity index (χ3n) is 3.52. The minimum atomic E-state index is -0.970. The zero-order chi connectivity index (χ0) is 15.0. The number of unbranched alkanes of at least 4 members (excludes halogenated alkanes) is 3. The van der Waals surface area contributed by atoms with Crippen LogP contribution in [0.5, 0.6) is 5.75 Å². The SMILES string of the molecule is CCCCCCC(C)(Nc1ccccc1OC)C(=O)O. The maximum atomic E-state index is 11.6. The average molecular weight is 279 g/mol. The molecule has 0 heterocycles. The zero-order valence-electron chi connectivity index (χ0n) is 12.6. The minimum Gasteiger partial charge on any atom is -0.495 e. The number of carbonyl (C=O) groups is 1. The minimum absolute atomic E-state index is 0.598. The summed E-state index contributed by atoms with van der Waals surface area (Å²) in [5.74, 6) is -0.173. The summed E-state index contributed by atoms with van der Waals surface area (Å²) in [7, 11) is 1.58. The Morgan fingerprint density at radius 1 is 1.30 bits per heavy atom. The number of aliphatic carboxylic acids is 1. The lowest BCUT2D eigenvalue weighted by molar-refractivity contribution is -0.142. The molecule has 0 amide bonds. The quantitative estimate of drug-likeness (QED) is 0.673. The average Bonchev–Trinajstić information content (AvgIpc) is 2.44. The molecule has 0 aliphatic heterocycles. The number of benzene rings is 1. The van der Waals surface area contributed by atoms with Crippen molar-refractivity contribution in [1.82, 2.24) is 0 Å². The highest BCUT2D eigenvalue weighted by Crippen LogP contribution is 2.29. The van der Waals surface area contributed by atoms with Crippen LogP contribution >= 0.6 is 0 Å². The molecule has 0 spiro atoms. The molecule has 4 nitrogen and oxygen atoms in total. The number of para-hydroxylation sites is 2. The van der Waals surface area contributed by atoms with Gasteiger partial charge >= 0.3 is 5.97 Å². The molecule has 1 aromatic rings. The highest BCUT2D eigenvalue weighted by molar-refractivity contribution is 5.83. The molecule has 4 heteroatoms. The Bertz CT molecular complexity index is 433. The first-order chi connectivity index (χ1) is 9.53. The second-order valence-electron chi connectivity index (χ2n) is 5.27. The third-order valence-corrected chi connectivity index (χ3v) is 3.52. The number of carboxylic acids is 1. The predicted molar refractivity (Wildman–Crippen MR) is 81.4 cm³/mol. The normalized spacial score (nSPS) is 13.6. The Kier molecular flexibility index (Phi) is 6.36. The van der Waals surface area contributed by atoms with E-state index in [0.717, 1.165) is 31.4 Å². The summed E-state index contributed by atoms with van der Waals surface area (Å²) in [5.41, 5.74) is -0.252. The van der Waals surface area contributed by atoms with Gasteiger partial charge < -0.3 is 15.2 Å². The van der Waals surface area contributed by atoms with Crippen LogP contribution in [0.4, 0.5) is 5.69 Å². The van der Waals surface area contributed by atoms with Crippen molar-refractivity contribution in [2.24, 2.45) is 0 Å². The highest BCUT2D eigenvalue weighted by atomic mass is 16.5. The van der Waals surface area contributed by atoms with Gasteiger partial charge in [0.05, 0.1) is 12.8 Å². The van der Waals surface area contributed by atoms with Gasteiger partial charge in [-0.1, -0.05) is 44.7 Å².